The molecule has 2 unspecified atom stereocenters. The van der Waals surface area contributed by atoms with Crippen LogP contribution in [0.4, 0.5) is 0 Å². The molecule has 0 aromatic carbocycles. The summed E-state index contributed by atoms with van der Waals surface area (Å²) in [7, 11) is 1.34. The van der Waals surface area contributed by atoms with Crippen LogP contribution in [0.3, 0.4) is 0 Å². The lowest BCUT2D eigenvalue weighted by Gasteiger charge is -2.28. The summed E-state index contributed by atoms with van der Waals surface area (Å²) in [6, 6.07) is 0. The third-order valence-corrected chi connectivity index (χ3v) is 10.4. The highest BCUT2D eigenvalue weighted by Gasteiger charge is 2.19. The van der Waals surface area contributed by atoms with Crippen LogP contribution >= 0.6 is 7.82 Å². The van der Waals surface area contributed by atoms with Crippen LogP contribution in [-0.4, -0.2) is 64.1 Å². The molecular weight excluding hydrogens is 709 g/mol. The fourth-order valence-corrected chi connectivity index (χ4v) is 6.63. The maximum atomic E-state index is 12.5. The minimum absolute atomic E-state index is 0.0192. The Morgan fingerprint density at radius 1 is 0.582 bits per heavy atom. The first-order valence-electron chi connectivity index (χ1n) is 22.4. The lowest BCUT2D eigenvalue weighted by Crippen LogP contribution is -2.37. The average Bonchev–Trinajstić information content (AvgIpc) is 3.14. The van der Waals surface area contributed by atoms with Crippen LogP contribution in [-0.2, 0) is 27.9 Å². The van der Waals surface area contributed by atoms with E-state index in [1.807, 2.05) is 27.2 Å². The third-order valence-electron chi connectivity index (χ3n) is 9.47. The molecule has 0 spiro atoms. The van der Waals surface area contributed by atoms with Gasteiger partial charge >= 0.3 is 5.97 Å². The monoisotopic (exact) mass is 796 g/mol. The highest BCUT2D eigenvalue weighted by Crippen LogP contribution is 2.38. The summed E-state index contributed by atoms with van der Waals surface area (Å²) in [5, 5.41) is 0. The molecule has 0 fully saturated rings. The highest BCUT2D eigenvalue weighted by molar-refractivity contribution is 7.45. The van der Waals surface area contributed by atoms with E-state index in [-0.39, 0.29) is 32.2 Å². The van der Waals surface area contributed by atoms with Gasteiger partial charge in [0.15, 0.2) is 6.10 Å². The van der Waals surface area contributed by atoms with Crippen LogP contribution in [0.15, 0.2) is 48.8 Å². The summed E-state index contributed by atoms with van der Waals surface area (Å²) < 4.78 is 34.3. The molecule has 8 nitrogen and oxygen atoms in total. The van der Waals surface area contributed by atoms with Gasteiger partial charge in [-0.05, 0) is 57.4 Å². The maximum absolute atomic E-state index is 12.5. The Kier molecular flexibility index (Phi) is 37.9. The lowest BCUT2D eigenvalue weighted by molar-refractivity contribution is -0.870. The minimum atomic E-state index is -4.53. The molecule has 0 rings (SSSR count). The first-order valence-corrected chi connectivity index (χ1v) is 23.9. The molecule has 322 valence electrons. The van der Waals surface area contributed by atoms with Crippen molar-refractivity contribution in [2.75, 3.05) is 47.5 Å². The molecular formula is C46H86NO7P. The molecule has 0 aliphatic heterocycles. The Labute approximate surface area is 339 Å². The van der Waals surface area contributed by atoms with Gasteiger partial charge < -0.3 is 27.9 Å². The molecule has 0 aliphatic carbocycles. The fraction of sp³-hybridized carbons (Fsp3) is 0.804. The number of phosphoric ester groups is 1. The van der Waals surface area contributed by atoms with E-state index in [0.717, 1.165) is 32.1 Å². The quantitative estimate of drug-likeness (QED) is 0.0152. The number of nitrogens with zero attached hydrogens (tertiary/aromatic N) is 1. The van der Waals surface area contributed by atoms with Crippen molar-refractivity contribution in [2.45, 2.75) is 193 Å². The molecule has 0 saturated carbocycles. The molecule has 0 radical (unpaired) electrons. The average molecular weight is 796 g/mol. The van der Waals surface area contributed by atoms with Crippen molar-refractivity contribution in [1.82, 2.24) is 0 Å². The number of likely N-dealkylation sites (N-methyl/N-ethyl adjacent to an activating group) is 1. The van der Waals surface area contributed by atoms with Gasteiger partial charge in [-0.25, -0.2) is 0 Å². The van der Waals surface area contributed by atoms with Crippen LogP contribution in [0.25, 0.3) is 0 Å². The van der Waals surface area contributed by atoms with Gasteiger partial charge in [0.05, 0.1) is 34.0 Å². The predicted octanol–water partition coefficient (Wildman–Crippen LogP) is 12.9. The molecule has 55 heavy (non-hydrogen) atoms. The topological polar surface area (TPSA) is 94.1 Å². The van der Waals surface area contributed by atoms with Crippen LogP contribution < -0.4 is 4.89 Å². The number of hydrogen-bond donors (Lipinski definition) is 0. The Morgan fingerprint density at radius 3 is 1.51 bits per heavy atom. The fourth-order valence-electron chi connectivity index (χ4n) is 5.90. The normalized spacial score (nSPS) is 14.1. The van der Waals surface area contributed by atoms with Crippen molar-refractivity contribution >= 4 is 13.8 Å². The maximum Gasteiger partial charge on any atom is 0.305 e. The van der Waals surface area contributed by atoms with E-state index in [2.05, 4.69) is 50.3 Å². The highest BCUT2D eigenvalue weighted by atomic mass is 31.2. The van der Waals surface area contributed by atoms with E-state index in [4.69, 9.17) is 18.5 Å². The van der Waals surface area contributed by atoms with E-state index in [9.17, 15) is 14.3 Å². The number of esters is 1. The Bertz CT molecular complexity index is 1020. The standard InChI is InChI=1S/C46H86NO7P/c1-6-8-10-12-14-16-18-20-22-24-25-27-29-31-33-35-37-39-46(48)52-43-45(44-54-55(49,50)53-42-40-47(3,4)5)51-41-38-36-34-32-30-28-26-23-21-19-17-15-13-11-9-7-2/h20,22,25,27,31,33,38,41,45H,6-19,21,23-24,26,28-30,32,34-37,39-40,42-44H2,1-5H3/b22-20-,27-25-,33-31-,41-38-. The zero-order chi connectivity index (χ0) is 40.6. The summed E-state index contributed by atoms with van der Waals surface area (Å²) in [4.78, 5) is 24.8. The smallest absolute Gasteiger partial charge is 0.305 e. The number of rotatable bonds is 41. The van der Waals surface area contributed by atoms with Gasteiger partial charge in [0, 0.05) is 6.42 Å². The zero-order valence-electron chi connectivity index (χ0n) is 36.4. The van der Waals surface area contributed by atoms with E-state index in [1.165, 1.54) is 128 Å². The summed E-state index contributed by atoms with van der Waals surface area (Å²) in [5.74, 6) is -0.342. The second-order valence-electron chi connectivity index (χ2n) is 16.1. The molecule has 0 N–H and O–H groups in total. The van der Waals surface area contributed by atoms with E-state index < -0.39 is 13.9 Å². The second-order valence-corrected chi connectivity index (χ2v) is 17.5. The number of ether oxygens (including phenoxy) is 2. The van der Waals surface area contributed by atoms with Crippen LogP contribution in [0.2, 0.25) is 0 Å². The predicted molar refractivity (Wildman–Crippen MR) is 231 cm³/mol. The number of phosphoric acid groups is 1. The summed E-state index contributed by atoms with van der Waals surface area (Å²) in [6.07, 6.45) is 48.0. The third kappa shape index (κ3) is 43.3. The molecule has 0 saturated heterocycles. The molecule has 2 atom stereocenters. The number of hydrogen-bond acceptors (Lipinski definition) is 7. The van der Waals surface area contributed by atoms with Crippen LogP contribution in [0.5, 0.6) is 0 Å². The van der Waals surface area contributed by atoms with Gasteiger partial charge in [0.2, 0.25) is 0 Å². The van der Waals surface area contributed by atoms with E-state index >= 15 is 0 Å². The largest absolute Gasteiger partial charge is 0.756 e. The molecule has 0 amide bonds. The van der Waals surface area contributed by atoms with Crippen molar-refractivity contribution in [3.8, 4) is 0 Å². The van der Waals surface area contributed by atoms with Gasteiger partial charge in [-0.3, -0.25) is 9.36 Å². The van der Waals surface area contributed by atoms with Crippen molar-refractivity contribution in [3.05, 3.63) is 48.8 Å². The number of unbranched alkanes of at least 4 members (excludes halogenated alkanes) is 21. The lowest BCUT2D eigenvalue weighted by atomic mass is 10.0. The minimum Gasteiger partial charge on any atom is -0.756 e. The molecule has 0 aromatic rings. The van der Waals surface area contributed by atoms with Crippen LogP contribution in [0, 0.1) is 0 Å². The summed E-state index contributed by atoms with van der Waals surface area (Å²) in [5.41, 5.74) is 0. The summed E-state index contributed by atoms with van der Waals surface area (Å²) in [6.45, 7) is 4.65. The van der Waals surface area contributed by atoms with Gasteiger partial charge in [-0.15, -0.1) is 0 Å². The Balaban J connectivity index is 4.36. The van der Waals surface area contributed by atoms with Gasteiger partial charge in [-0.2, -0.15) is 0 Å². The van der Waals surface area contributed by atoms with Gasteiger partial charge in [-0.1, -0.05) is 166 Å². The van der Waals surface area contributed by atoms with E-state index in [1.54, 1.807) is 6.26 Å². The van der Waals surface area contributed by atoms with Crippen molar-refractivity contribution in [3.63, 3.8) is 0 Å². The second kappa shape index (κ2) is 39.1. The number of carbonyl (C=O) groups is 1. The number of carbonyl (C=O) groups excluding carboxylic acids is 1. The van der Waals surface area contributed by atoms with Crippen molar-refractivity contribution in [1.29, 1.82) is 0 Å². The summed E-state index contributed by atoms with van der Waals surface area (Å²) >= 11 is 0. The Morgan fingerprint density at radius 2 is 1.02 bits per heavy atom. The van der Waals surface area contributed by atoms with Crippen LogP contribution in [0.1, 0.15) is 187 Å². The molecule has 9 heteroatoms. The molecule has 0 aromatic heterocycles. The number of allylic oxidation sites excluding steroid dienone is 7. The van der Waals surface area contributed by atoms with Gasteiger partial charge in [0.25, 0.3) is 7.82 Å². The van der Waals surface area contributed by atoms with Crippen molar-refractivity contribution < 1.29 is 37.3 Å². The molecule has 0 heterocycles. The van der Waals surface area contributed by atoms with E-state index in [0.29, 0.717) is 17.4 Å². The number of quaternary nitrogens is 1. The SMILES string of the molecule is CCCCCCCC/C=C\C/C=C\C/C=C\CCCC(=O)OCC(COP(=O)([O-])OCC[N+](C)(C)C)O/C=C\CCCCCCCCCCCCCCCC. The Hall–Kier alpha value is -1.70. The van der Waals surface area contributed by atoms with Crippen molar-refractivity contribution in [2.24, 2.45) is 0 Å². The van der Waals surface area contributed by atoms with Gasteiger partial charge in [0.1, 0.15) is 19.8 Å². The molecule has 0 aliphatic rings. The molecule has 0 bridgehead atoms. The first-order chi connectivity index (χ1) is 26.6. The zero-order valence-corrected chi connectivity index (χ0v) is 37.3. The first kappa shape index (κ1) is 53.3.